The second kappa shape index (κ2) is 4.41. The highest BCUT2D eigenvalue weighted by molar-refractivity contribution is 6.00. The molecule has 0 unspecified atom stereocenters. The van der Waals surface area contributed by atoms with Crippen molar-refractivity contribution >= 4 is 16.9 Å². The van der Waals surface area contributed by atoms with Crippen LogP contribution < -0.4 is 4.74 Å². The average molecular weight is 272 g/mol. The van der Waals surface area contributed by atoms with Crippen molar-refractivity contribution in [2.45, 2.75) is 0 Å². The van der Waals surface area contributed by atoms with Gasteiger partial charge in [-0.3, -0.25) is 0 Å². The zero-order valence-electron chi connectivity index (χ0n) is 11.0. The van der Waals surface area contributed by atoms with E-state index in [-0.39, 0.29) is 5.76 Å². The third-order valence-electron chi connectivity index (χ3n) is 3.19. The van der Waals surface area contributed by atoms with E-state index in [1.165, 1.54) is 6.07 Å². The van der Waals surface area contributed by atoms with Gasteiger partial charge in [-0.2, -0.15) is 0 Å². The molecule has 0 radical (unpaired) electrons. The first kappa shape index (κ1) is 12.3. The van der Waals surface area contributed by atoms with E-state index >= 15 is 0 Å². The van der Waals surface area contributed by atoms with E-state index in [4.69, 9.17) is 14.4 Å². The quantitative estimate of drug-likeness (QED) is 0.792. The average Bonchev–Trinajstić information content (AvgIpc) is 3.04. The molecule has 1 aromatic carbocycles. The maximum absolute atomic E-state index is 10.9. The Morgan fingerprint density at radius 2 is 2.25 bits per heavy atom. The number of aryl methyl sites for hydroxylation is 1. The number of carboxylic acids is 1. The molecule has 2 aromatic heterocycles. The van der Waals surface area contributed by atoms with Gasteiger partial charge < -0.3 is 18.9 Å². The molecule has 0 aliphatic carbocycles. The van der Waals surface area contributed by atoms with Crippen LogP contribution in [0.5, 0.6) is 5.75 Å². The van der Waals surface area contributed by atoms with Crippen LogP contribution in [0.1, 0.15) is 10.6 Å². The lowest BCUT2D eigenvalue weighted by Crippen LogP contribution is -1.91. The van der Waals surface area contributed by atoms with Gasteiger partial charge in [0.15, 0.2) is 0 Å². The minimum absolute atomic E-state index is 0.188. The molecule has 0 saturated heterocycles. The summed E-state index contributed by atoms with van der Waals surface area (Å²) >= 11 is 0. The molecule has 3 aromatic rings. The normalized spacial score (nSPS) is 10.9. The SMILES string of the molecule is COc1cccc2c1c(-c1cc(C(=O)O)on1)cn2C. The summed E-state index contributed by atoms with van der Waals surface area (Å²) in [6.45, 7) is 0. The minimum atomic E-state index is -1.14. The van der Waals surface area contributed by atoms with Crippen molar-refractivity contribution in [1.29, 1.82) is 0 Å². The number of carboxylic acid groups (broad SMARTS) is 1. The molecule has 3 rings (SSSR count). The predicted molar refractivity (Wildman–Crippen MR) is 71.9 cm³/mol. The summed E-state index contributed by atoms with van der Waals surface area (Å²) in [5.41, 5.74) is 2.22. The number of hydrogen-bond donors (Lipinski definition) is 1. The standard InChI is InChI=1S/C14H12N2O4/c1-16-7-8(9-6-12(14(17)18)20-15-9)13-10(16)4-3-5-11(13)19-2/h3-7H,1-2H3,(H,17,18). The smallest absolute Gasteiger partial charge is 0.374 e. The highest BCUT2D eigenvalue weighted by atomic mass is 16.5. The van der Waals surface area contributed by atoms with Crippen LogP contribution in [-0.4, -0.2) is 27.9 Å². The van der Waals surface area contributed by atoms with Crippen LogP contribution in [0.25, 0.3) is 22.2 Å². The Hall–Kier alpha value is -2.76. The third kappa shape index (κ3) is 1.73. The fourth-order valence-corrected chi connectivity index (χ4v) is 2.28. The number of hydrogen-bond acceptors (Lipinski definition) is 4. The fraction of sp³-hybridized carbons (Fsp3) is 0.143. The Kier molecular flexibility index (Phi) is 2.71. The number of ether oxygens (including phenoxy) is 1. The molecule has 0 aliphatic heterocycles. The van der Waals surface area contributed by atoms with Crippen molar-refractivity contribution in [3.63, 3.8) is 0 Å². The van der Waals surface area contributed by atoms with Gasteiger partial charge in [0.05, 0.1) is 18.0 Å². The molecule has 6 nitrogen and oxygen atoms in total. The van der Waals surface area contributed by atoms with Crippen molar-refractivity contribution in [2.75, 3.05) is 7.11 Å². The molecule has 0 saturated carbocycles. The summed E-state index contributed by atoms with van der Waals surface area (Å²) in [5, 5.41) is 13.6. The molecule has 0 bridgehead atoms. The minimum Gasteiger partial charge on any atom is -0.496 e. The van der Waals surface area contributed by atoms with Gasteiger partial charge in [-0.25, -0.2) is 4.79 Å². The highest BCUT2D eigenvalue weighted by Gasteiger charge is 2.18. The van der Waals surface area contributed by atoms with E-state index in [0.717, 1.165) is 16.5 Å². The van der Waals surface area contributed by atoms with Crippen LogP contribution in [-0.2, 0) is 7.05 Å². The number of rotatable bonds is 3. The van der Waals surface area contributed by atoms with E-state index in [2.05, 4.69) is 5.16 Å². The van der Waals surface area contributed by atoms with Crippen LogP contribution >= 0.6 is 0 Å². The van der Waals surface area contributed by atoms with Crippen LogP contribution in [0.4, 0.5) is 0 Å². The largest absolute Gasteiger partial charge is 0.496 e. The van der Waals surface area contributed by atoms with Gasteiger partial charge in [0, 0.05) is 24.9 Å². The summed E-state index contributed by atoms with van der Waals surface area (Å²) in [7, 11) is 3.50. The highest BCUT2D eigenvalue weighted by Crippen LogP contribution is 2.36. The Labute approximate surface area is 114 Å². The molecule has 20 heavy (non-hydrogen) atoms. The lowest BCUT2D eigenvalue weighted by molar-refractivity contribution is 0.0652. The summed E-state index contributed by atoms with van der Waals surface area (Å²) < 4.78 is 12.1. The van der Waals surface area contributed by atoms with Gasteiger partial charge in [0.2, 0.25) is 5.76 Å². The maximum atomic E-state index is 10.9. The summed E-state index contributed by atoms with van der Waals surface area (Å²) in [4.78, 5) is 10.9. The Bertz CT molecular complexity index is 801. The van der Waals surface area contributed by atoms with E-state index in [1.807, 2.05) is 36.0 Å². The van der Waals surface area contributed by atoms with E-state index < -0.39 is 5.97 Å². The molecule has 0 amide bonds. The molecule has 102 valence electrons. The van der Waals surface area contributed by atoms with Gasteiger partial charge >= 0.3 is 5.97 Å². The van der Waals surface area contributed by atoms with Gasteiger partial charge in [-0.15, -0.1) is 0 Å². The zero-order chi connectivity index (χ0) is 14.3. The number of aromatic nitrogens is 2. The molecular weight excluding hydrogens is 260 g/mol. The topological polar surface area (TPSA) is 77.5 Å². The molecule has 0 aliphatic rings. The van der Waals surface area contributed by atoms with Gasteiger partial charge in [0.1, 0.15) is 11.4 Å². The molecule has 0 spiro atoms. The number of nitrogens with zero attached hydrogens (tertiary/aromatic N) is 2. The number of aromatic carboxylic acids is 1. The molecule has 2 heterocycles. The Balaban J connectivity index is 2.27. The number of fused-ring (bicyclic) bond motifs is 1. The molecule has 1 N–H and O–H groups in total. The van der Waals surface area contributed by atoms with Crippen LogP contribution in [0.3, 0.4) is 0 Å². The monoisotopic (exact) mass is 272 g/mol. The van der Waals surface area contributed by atoms with E-state index in [1.54, 1.807) is 7.11 Å². The van der Waals surface area contributed by atoms with E-state index in [9.17, 15) is 4.79 Å². The fourth-order valence-electron chi connectivity index (χ4n) is 2.28. The van der Waals surface area contributed by atoms with Crippen molar-refractivity contribution in [3.8, 4) is 17.0 Å². The van der Waals surface area contributed by atoms with Gasteiger partial charge in [-0.05, 0) is 12.1 Å². The zero-order valence-corrected chi connectivity index (χ0v) is 11.0. The Morgan fingerprint density at radius 1 is 1.45 bits per heavy atom. The van der Waals surface area contributed by atoms with Crippen molar-refractivity contribution in [1.82, 2.24) is 9.72 Å². The van der Waals surface area contributed by atoms with Crippen molar-refractivity contribution < 1.29 is 19.2 Å². The lowest BCUT2D eigenvalue weighted by Gasteiger charge is -2.03. The number of benzene rings is 1. The predicted octanol–water partition coefficient (Wildman–Crippen LogP) is 2.54. The summed E-state index contributed by atoms with van der Waals surface area (Å²) in [6, 6.07) is 7.11. The molecule has 6 heteroatoms. The second-order valence-corrected chi connectivity index (χ2v) is 4.39. The van der Waals surface area contributed by atoms with Crippen molar-refractivity contribution in [3.05, 3.63) is 36.2 Å². The Morgan fingerprint density at radius 3 is 2.90 bits per heavy atom. The molecule has 0 atom stereocenters. The maximum Gasteiger partial charge on any atom is 0.374 e. The lowest BCUT2D eigenvalue weighted by atomic mass is 10.1. The third-order valence-corrected chi connectivity index (χ3v) is 3.19. The second-order valence-electron chi connectivity index (χ2n) is 4.39. The number of carbonyl (C=O) groups is 1. The summed E-state index contributed by atoms with van der Waals surface area (Å²) in [5.74, 6) is -0.624. The van der Waals surface area contributed by atoms with Crippen LogP contribution in [0.2, 0.25) is 0 Å². The van der Waals surface area contributed by atoms with Crippen LogP contribution in [0, 0.1) is 0 Å². The first-order valence-electron chi connectivity index (χ1n) is 5.94. The molecular formula is C14H12N2O4. The van der Waals surface area contributed by atoms with Crippen molar-refractivity contribution in [2.24, 2.45) is 7.05 Å². The summed E-state index contributed by atoms with van der Waals surface area (Å²) in [6.07, 6.45) is 1.87. The molecule has 0 fully saturated rings. The van der Waals surface area contributed by atoms with Gasteiger partial charge in [0.25, 0.3) is 0 Å². The first-order valence-corrected chi connectivity index (χ1v) is 5.94. The van der Waals surface area contributed by atoms with Crippen LogP contribution in [0.15, 0.2) is 35.0 Å². The first-order chi connectivity index (χ1) is 9.61. The van der Waals surface area contributed by atoms with Gasteiger partial charge in [-0.1, -0.05) is 11.2 Å². The van der Waals surface area contributed by atoms with E-state index in [0.29, 0.717) is 11.4 Å². The number of methoxy groups -OCH3 is 1.